The quantitative estimate of drug-likeness (QED) is 0.847. The first-order chi connectivity index (χ1) is 9.61. The Kier molecular flexibility index (Phi) is 4.74. The first-order valence-electron chi connectivity index (χ1n) is 6.91. The minimum Gasteiger partial charge on any atom is -0.481 e. The zero-order chi connectivity index (χ0) is 14.5. The predicted octanol–water partition coefficient (Wildman–Crippen LogP) is 1.20. The third kappa shape index (κ3) is 3.36. The van der Waals surface area contributed by atoms with E-state index in [1.54, 1.807) is 0 Å². The van der Waals surface area contributed by atoms with Crippen molar-refractivity contribution >= 4 is 11.9 Å². The molecule has 0 spiro atoms. The number of rotatable bonds is 5. The van der Waals surface area contributed by atoms with Gasteiger partial charge in [-0.3, -0.25) is 14.5 Å². The molecule has 5 nitrogen and oxygen atoms in total. The fourth-order valence-electron chi connectivity index (χ4n) is 2.61. The van der Waals surface area contributed by atoms with Gasteiger partial charge in [0.15, 0.2) is 0 Å². The molecule has 2 N–H and O–H groups in total. The van der Waals surface area contributed by atoms with Crippen LogP contribution >= 0.6 is 0 Å². The topological polar surface area (TPSA) is 69.6 Å². The lowest BCUT2D eigenvalue weighted by molar-refractivity contribution is -0.139. The normalized spacial score (nSPS) is 18.4. The lowest BCUT2D eigenvalue weighted by Gasteiger charge is -2.32. The minimum absolute atomic E-state index is 0.0123. The highest BCUT2D eigenvalue weighted by Gasteiger charge is 2.29. The van der Waals surface area contributed by atoms with Crippen molar-refractivity contribution in [2.45, 2.75) is 25.8 Å². The Balaban J connectivity index is 2.05. The van der Waals surface area contributed by atoms with Crippen molar-refractivity contribution in [1.29, 1.82) is 0 Å². The molecule has 5 heteroatoms. The van der Waals surface area contributed by atoms with Gasteiger partial charge in [-0.2, -0.15) is 0 Å². The summed E-state index contributed by atoms with van der Waals surface area (Å²) in [5.74, 6) is -1.30. The van der Waals surface area contributed by atoms with Crippen molar-refractivity contribution in [1.82, 2.24) is 10.2 Å². The maximum Gasteiger partial charge on any atom is 0.312 e. The van der Waals surface area contributed by atoms with Crippen molar-refractivity contribution in [3.05, 3.63) is 35.4 Å². The number of amides is 1. The number of nitrogens with zero attached hydrogens (tertiary/aromatic N) is 1. The third-order valence-electron chi connectivity index (χ3n) is 3.59. The van der Waals surface area contributed by atoms with E-state index in [-0.39, 0.29) is 5.91 Å². The van der Waals surface area contributed by atoms with Gasteiger partial charge in [-0.1, -0.05) is 24.3 Å². The SMILES string of the molecule is CCNC(=O)CCN1Cc2ccccc2C(C(=O)O)C1. The molecule has 1 aromatic rings. The molecule has 2 rings (SSSR count). The average Bonchev–Trinajstić information content (AvgIpc) is 2.44. The Morgan fingerprint density at radius 1 is 1.40 bits per heavy atom. The van der Waals surface area contributed by atoms with Gasteiger partial charge in [0.1, 0.15) is 0 Å². The van der Waals surface area contributed by atoms with Crippen LogP contribution in [0.2, 0.25) is 0 Å². The number of carbonyl (C=O) groups excluding carboxylic acids is 1. The van der Waals surface area contributed by atoms with Crippen molar-refractivity contribution in [2.24, 2.45) is 0 Å². The van der Waals surface area contributed by atoms with Crippen molar-refractivity contribution < 1.29 is 14.7 Å². The molecule has 1 atom stereocenters. The first-order valence-corrected chi connectivity index (χ1v) is 6.91. The van der Waals surface area contributed by atoms with Gasteiger partial charge in [0, 0.05) is 32.6 Å². The van der Waals surface area contributed by atoms with Crippen LogP contribution in [-0.4, -0.2) is 41.5 Å². The Bertz CT molecular complexity index is 502. The number of nitrogens with one attached hydrogen (secondary N) is 1. The molecule has 1 aliphatic heterocycles. The van der Waals surface area contributed by atoms with Crippen LogP contribution in [0.4, 0.5) is 0 Å². The Labute approximate surface area is 118 Å². The van der Waals surface area contributed by atoms with E-state index >= 15 is 0 Å². The molecule has 1 aliphatic rings. The molecule has 1 heterocycles. The number of fused-ring (bicyclic) bond motifs is 1. The standard InChI is InChI=1S/C15H20N2O3/c1-2-16-14(18)7-8-17-9-11-5-3-4-6-12(11)13(10-17)15(19)20/h3-6,13H,2,7-10H2,1H3,(H,16,18)(H,19,20). The van der Waals surface area contributed by atoms with Gasteiger partial charge in [-0.15, -0.1) is 0 Å². The van der Waals surface area contributed by atoms with Gasteiger partial charge in [-0.05, 0) is 18.1 Å². The second-order valence-electron chi connectivity index (χ2n) is 5.03. The van der Waals surface area contributed by atoms with Crippen LogP contribution in [0.5, 0.6) is 0 Å². The molecule has 0 saturated heterocycles. The number of aliphatic carboxylic acids is 1. The number of carboxylic acids is 1. The van der Waals surface area contributed by atoms with Crippen molar-refractivity contribution in [3.8, 4) is 0 Å². The highest BCUT2D eigenvalue weighted by Crippen LogP contribution is 2.28. The van der Waals surface area contributed by atoms with E-state index in [0.29, 0.717) is 32.6 Å². The monoisotopic (exact) mass is 276 g/mol. The maximum absolute atomic E-state index is 11.5. The van der Waals surface area contributed by atoms with Gasteiger partial charge in [0.2, 0.25) is 5.91 Å². The molecule has 0 bridgehead atoms. The smallest absolute Gasteiger partial charge is 0.312 e. The molecule has 1 aromatic carbocycles. The Morgan fingerprint density at radius 2 is 2.15 bits per heavy atom. The second-order valence-corrected chi connectivity index (χ2v) is 5.03. The van der Waals surface area contributed by atoms with E-state index in [1.165, 1.54) is 0 Å². The molecule has 1 unspecified atom stereocenters. The summed E-state index contributed by atoms with van der Waals surface area (Å²) in [5, 5.41) is 12.1. The van der Waals surface area contributed by atoms with Gasteiger partial charge in [0.05, 0.1) is 5.92 Å². The van der Waals surface area contributed by atoms with Crippen LogP contribution in [0.15, 0.2) is 24.3 Å². The third-order valence-corrected chi connectivity index (χ3v) is 3.59. The molecular formula is C15H20N2O3. The predicted molar refractivity (Wildman–Crippen MR) is 75.4 cm³/mol. The number of hydrogen-bond acceptors (Lipinski definition) is 3. The summed E-state index contributed by atoms with van der Waals surface area (Å²) in [6, 6.07) is 7.64. The van der Waals surface area contributed by atoms with Gasteiger partial charge in [0.25, 0.3) is 0 Å². The maximum atomic E-state index is 11.5. The molecule has 108 valence electrons. The molecule has 0 aliphatic carbocycles. The number of carbonyl (C=O) groups is 2. The summed E-state index contributed by atoms with van der Waals surface area (Å²) in [5.41, 5.74) is 1.94. The van der Waals surface area contributed by atoms with E-state index in [2.05, 4.69) is 5.32 Å². The summed E-state index contributed by atoms with van der Waals surface area (Å²) in [4.78, 5) is 24.9. The molecule has 20 heavy (non-hydrogen) atoms. The molecule has 0 fully saturated rings. The fourth-order valence-corrected chi connectivity index (χ4v) is 2.61. The molecule has 0 radical (unpaired) electrons. The van der Waals surface area contributed by atoms with Crippen LogP contribution < -0.4 is 5.32 Å². The van der Waals surface area contributed by atoms with E-state index in [4.69, 9.17) is 0 Å². The molecular weight excluding hydrogens is 256 g/mol. The average molecular weight is 276 g/mol. The van der Waals surface area contributed by atoms with Crippen molar-refractivity contribution in [2.75, 3.05) is 19.6 Å². The first kappa shape index (κ1) is 14.5. The molecule has 0 saturated carbocycles. The van der Waals surface area contributed by atoms with E-state index in [0.717, 1.165) is 11.1 Å². The summed E-state index contributed by atoms with van der Waals surface area (Å²) < 4.78 is 0. The largest absolute Gasteiger partial charge is 0.481 e. The minimum atomic E-state index is -0.805. The van der Waals surface area contributed by atoms with E-state index in [9.17, 15) is 14.7 Å². The summed E-state index contributed by atoms with van der Waals surface area (Å²) in [7, 11) is 0. The summed E-state index contributed by atoms with van der Waals surface area (Å²) in [6.45, 7) is 4.27. The molecule has 1 amide bonds. The highest BCUT2D eigenvalue weighted by molar-refractivity contribution is 5.77. The van der Waals surface area contributed by atoms with Gasteiger partial charge in [-0.25, -0.2) is 0 Å². The lowest BCUT2D eigenvalue weighted by Crippen LogP contribution is -2.39. The van der Waals surface area contributed by atoms with Crippen LogP contribution in [0.3, 0.4) is 0 Å². The van der Waals surface area contributed by atoms with Crippen LogP contribution in [0, 0.1) is 0 Å². The Morgan fingerprint density at radius 3 is 2.85 bits per heavy atom. The van der Waals surface area contributed by atoms with Crippen molar-refractivity contribution in [3.63, 3.8) is 0 Å². The summed E-state index contributed by atoms with van der Waals surface area (Å²) >= 11 is 0. The second kappa shape index (κ2) is 6.52. The Hall–Kier alpha value is -1.88. The summed E-state index contributed by atoms with van der Waals surface area (Å²) in [6.07, 6.45) is 0.405. The highest BCUT2D eigenvalue weighted by atomic mass is 16.4. The number of carboxylic acid groups (broad SMARTS) is 1. The zero-order valence-electron chi connectivity index (χ0n) is 11.6. The van der Waals surface area contributed by atoms with Crippen LogP contribution in [0.25, 0.3) is 0 Å². The van der Waals surface area contributed by atoms with Crippen LogP contribution in [-0.2, 0) is 16.1 Å². The fraction of sp³-hybridized carbons (Fsp3) is 0.467. The number of hydrogen-bond donors (Lipinski definition) is 2. The van der Waals surface area contributed by atoms with Crippen LogP contribution in [0.1, 0.15) is 30.4 Å². The molecule has 0 aromatic heterocycles. The lowest BCUT2D eigenvalue weighted by atomic mass is 9.90. The van der Waals surface area contributed by atoms with E-state index < -0.39 is 11.9 Å². The van der Waals surface area contributed by atoms with E-state index in [1.807, 2.05) is 36.1 Å². The number of benzene rings is 1. The van der Waals surface area contributed by atoms with Gasteiger partial charge >= 0.3 is 5.97 Å². The zero-order valence-corrected chi connectivity index (χ0v) is 11.6. The van der Waals surface area contributed by atoms with Gasteiger partial charge < -0.3 is 10.4 Å².